The molecule has 0 aliphatic carbocycles. The van der Waals surface area contributed by atoms with Crippen LogP contribution in [0.5, 0.6) is 0 Å². The van der Waals surface area contributed by atoms with Crippen LogP contribution in [0.2, 0.25) is 5.02 Å². The van der Waals surface area contributed by atoms with E-state index < -0.39 is 0 Å². The van der Waals surface area contributed by atoms with Gasteiger partial charge in [0.2, 0.25) is 0 Å². The van der Waals surface area contributed by atoms with E-state index in [2.05, 4.69) is 27.1 Å². The molecule has 0 fully saturated rings. The molecule has 0 aliphatic rings. The second-order valence-corrected chi connectivity index (χ2v) is 5.07. The van der Waals surface area contributed by atoms with Gasteiger partial charge >= 0.3 is 0 Å². The third-order valence-electron chi connectivity index (χ3n) is 3.27. The first kappa shape index (κ1) is 14.6. The van der Waals surface area contributed by atoms with Gasteiger partial charge in [0, 0.05) is 18.6 Å². The Morgan fingerprint density at radius 2 is 1.95 bits per heavy atom. The number of anilines is 2. The van der Waals surface area contributed by atoms with Gasteiger partial charge in [-0.2, -0.15) is 0 Å². The van der Waals surface area contributed by atoms with Crippen molar-refractivity contribution in [3.63, 3.8) is 0 Å². The first-order valence-electron chi connectivity index (χ1n) is 6.66. The van der Waals surface area contributed by atoms with Crippen LogP contribution >= 0.6 is 11.6 Å². The maximum Gasteiger partial charge on any atom is 0.149 e. The lowest BCUT2D eigenvalue weighted by Crippen LogP contribution is -2.23. The lowest BCUT2D eigenvalue weighted by molar-refractivity contribution is 0.726. The number of halogens is 1. The maximum atomic E-state index is 5.92. The van der Waals surface area contributed by atoms with Crippen molar-refractivity contribution >= 4 is 23.2 Å². The molecule has 1 N–H and O–H groups in total. The van der Waals surface area contributed by atoms with Crippen LogP contribution in [0.25, 0.3) is 0 Å². The van der Waals surface area contributed by atoms with E-state index in [1.54, 1.807) is 12.4 Å². The number of nitrogens with zero attached hydrogens (tertiary/aromatic N) is 3. The molecular formula is C15H19ClN4. The largest absolute Gasteiger partial charge is 0.369 e. The van der Waals surface area contributed by atoms with Crippen molar-refractivity contribution < 1.29 is 0 Å². The lowest BCUT2D eigenvalue weighted by Gasteiger charge is -2.26. The minimum atomic E-state index is 0.193. The van der Waals surface area contributed by atoms with Crippen molar-refractivity contribution in [2.24, 2.45) is 0 Å². The fraction of sp³-hybridized carbons (Fsp3) is 0.333. The summed E-state index contributed by atoms with van der Waals surface area (Å²) in [5, 5.41) is 3.92. The van der Waals surface area contributed by atoms with Crippen molar-refractivity contribution in [1.29, 1.82) is 0 Å². The van der Waals surface area contributed by atoms with Gasteiger partial charge < -0.3 is 10.2 Å². The summed E-state index contributed by atoms with van der Waals surface area (Å²) in [6.07, 6.45) is 3.50. The van der Waals surface area contributed by atoms with Gasteiger partial charge in [0.25, 0.3) is 0 Å². The summed E-state index contributed by atoms with van der Waals surface area (Å²) < 4.78 is 0. The molecule has 1 aromatic carbocycles. The predicted molar refractivity (Wildman–Crippen MR) is 84.5 cm³/mol. The van der Waals surface area contributed by atoms with E-state index in [0.29, 0.717) is 0 Å². The molecule has 1 unspecified atom stereocenters. The Morgan fingerprint density at radius 1 is 1.25 bits per heavy atom. The zero-order valence-corrected chi connectivity index (χ0v) is 12.7. The fourth-order valence-electron chi connectivity index (χ4n) is 1.96. The molecule has 0 spiro atoms. The molecule has 0 radical (unpaired) electrons. The first-order chi connectivity index (χ1) is 9.61. The highest BCUT2D eigenvalue weighted by Gasteiger charge is 2.14. The number of aromatic nitrogens is 2. The van der Waals surface area contributed by atoms with Gasteiger partial charge in [-0.3, -0.25) is 4.98 Å². The summed E-state index contributed by atoms with van der Waals surface area (Å²) in [6, 6.07) is 8.07. The van der Waals surface area contributed by atoms with Gasteiger partial charge in [0.15, 0.2) is 0 Å². The molecule has 2 rings (SSSR count). The highest BCUT2D eigenvalue weighted by atomic mass is 35.5. The molecule has 0 aliphatic heterocycles. The maximum absolute atomic E-state index is 5.92. The van der Waals surface area contributed by atoms with Crippen LogP contribution in [0.3, 0.4) is 0 Å². The highest BCUT2D eigenvalue weighted by molar-refractivity contribution is 6.30. The number of benzene rings is 1. The molecule has 0 saturated carbocycles. The van der Waals surface area contributed by atoms with Gasteiger partial charge in [0.05, 0.1) is 18.4 Å². The SMILES string of the molecule is CCNc1cncc(N(C)C(C)c2ccc(Cl)cc2)n1. The zero-order chi connectivity index (χ0) is 14.5. The highest BCUT2D eigenvalue weighted by Crippen LogP contribution is 2.25. The van der Waals surface area contributed by atoms with E-state index in [1.807, 2.05) is 38.2 Å². The molecule has 0 saturated heterocycles. The Labute approximate surface area is 124 Å². The second-order valence-electron chi connectivity index (χ2n) is 4.63. The average molecular weight is 291 g/mol. The van der Waals surface area contributed by atoms with E-state index >= 15 is 0 Å². The summed E-state index contributed by atoms with van der Waals surface area (Å²) in [7, 11) is 2.01. The molecule has 1 atom stereocenters. The molecule has 2 aromatic rings. The predicted octanol–water partition coefficient (Wildman–Crippen LogP) is 3.76. The van der Waals surface area contributed by atoms with Crippen LogP contribution in [-0.2, 0) is 0 Å². The Kier molecular flexibility index (Phi) is 4.79. The average Bonchev–Trinajstić information content (AvgIpc) is 2.47. The molecule has 0 bridgehead atoms. The summed E-state index contributed by atoms with van der Waals surface area (Å²) >= 11 is 5.92. The third-order valence-corrected chi connectivity index (χ3v) is 3.53. The van der Waals surface area contributed by atoms with Crippen molar-refractivity contribution in [2.75, 3.05) is 23.8 Å². The van der Waals surface area contributed by atoms with Gasteiger partial charge in [-0.05, 0) is 31.5 Å². The van der Waals surface area contributed by atoms with Gasteiger partial charge in [-0.25, -0.2) is 4.98 Å². The number of hydrogen-bond acceptors (Lipinski definition) is 4. The number of hydrogen-bond donors (Lipinski definition) is 1. The summed E-state index contributed by atoms with van der Waals surface area (Å²) in [6.45, 7) is 4.99. The molecule has 0 amide bonds. The van der Waals surface area contributed by atoms with Crippen LogP contribution in [0, 0.1) is 0 Å². The van der Waals surface area contributed by atoms with Crippen molar-refractivity contribution in [3.8, 4) is 0 Å². The Hall–Kier alpha value is -1.81. The minimum absolute atomic E-state index is 0.193. The monoisotopic (exact) mass is 290 g/mol. The van der Waals surface area contributed by atoms with Crippen molar-refractivity contribution in [2.45, 2.75) is 19.9 Å². The number of nitrogens with one attached hydrogen (secondary N) is 1. The second kappa shape index (κ2) is 6.57. The molecular weight excluding hydrogens is 272 g/mol. The summed E-state index contributed by atoms with van der Waals surface area (Å²) in [5.41, 5.74) is 1.19. The van der Waals surface area contributed by atoms with E-state index in [4.69, 9.17) is 11.6 Å². The zero-order valence-electron chi connectivity index (χ0n) is 12.0. The molecule has 5 heteroatoms. The normalized spacial score (nSPS) is 12.0. The standard InChI is InChI=1S/C15H19ClN4/c1-4-18-14-9-17-10-15(19-14)20(3)11(2)12-5-7-13(16)8-6-12/h5-11H,4H2,1-3H3,(H,18,19). The van der Waals surface area contributed by atoms with E-state index in [-0.39, 0.29) is 6.04 Å². The Balaban J connectivity index is 2.19. The topological polar surface area (TPSA) is 41.1 Å². The smallest absolute Gasteiger partial charge is 0.149 e. The van der Waals surface area contributed by atoms with E-state index in [9.17, 15) is 0 Å². The third kappa shape index (κ3) is 3.39. The minimum Gasteiger partial charge on any atom is -0.369 e. The first-order valence-corrected chi connectivity index (χ1v) is 7.03. The molecule has 1 aromatic heterocycles. The van der Waals surface area contributed by atoms with E-state index in [1.165, 1.54) is 5.56 Å². The quantitative estimate of drug-likeness (QED) is 0.910. The van der Waals surface area contributed by atoms with Crippen LogP contribution in [0.15, 0.2) is 36.7 Å². The van der Waals surface area contributed by atoms with Gasteiger partial charge in [0.1, 0.15) is 11.6 Å². The molecule has 106 valence electrons. The molecule has 1 heterocycles. The molecule has 4 nitrogen and oxygen atoms in total. The molecule has 20 heavy (non-hydrogen) atoms. The van der Waals surface area contributed by atoms with Crippen LogP contribution in [0.4, 0.5) is 11.6 Å². The summed E-state index contributed by atoms with van der Waals surface area (Å²) in [5.74, 6) is 1.63. The van der Waals surface area contributed by atoms with E-state index in [0.717, 1.165) is 23.2 Å². The van der Waals surface area contributed by atoms with Crippen LogP contribution < -0.4 is 10.2 Å². The lowest BCUT2D eigenvalue weighted by atomic mass is 10.1. The Morgan fingerprint density at radius 3 is 2.60 bits per heavy atom. The van der Waals surface area contributed by atoms with Gasteiger partial charge in [-0.1, -0.05) is 23.7 Å². The number of rotatable bonds is 5. The van der Waals surface area contributed by atoms with Gasteiger partial charge in [-0.15, -0.1) is 0 Å². The van der Waals surface area contributed by atoms with Crippen LogP contribution in [0.1, 0.15) is 25.5 Å². The Bertz CT molecular complexity index is 556. The summed E-state index contributed by atoms with van der Waals surface area (Å²) in [4.78, 5) is 10.9. The fourth-order valence-corrected chi connectivity index (χ4v) is 2.08. The van der Waals surface area contributed by atoms with Crippen molar-refractivity contribution in [1.82, 2.24) is 9.97 Å². The van der Waals surface area contributed by atoms with Crippen LogP contribution in [-0.4, -0.2) is 23.6 Å². The van der Waals surface area contributed by atoms with Crippen molar-refractivity contribution in [3.05, 3.63) is 47.2 Å².